The van der Waals surface area contributed by atoms with Gasteiger partial charge in [-0.1, -0.05) is 36.8 Å². The molecular weight excluding hydrogens is 374 g/mol. The molecule has 29 heavy (non-hydrogen) atoms. The number of amides is 3. The average Bonchev–Trinajstić information content (AvgIpc) is 3.03. The van der Waals surface area contributed by atoms with Gasteiger partial charge < -0.3 is 20.6 Å². The fraction of sp³-hybridized carbons (Fsp3) is 0.524. The fourth-order valence-corrected chi connectivity index (χ4v) is 3.83. The van der Waals surface area contributed by atoms with E-state index in [0.717, 1.165) is 18.4 Å². The van der Waals surface area contributed by atoms with E-state index in [9.17, 15) is 24.3 Å². The third kappa shape index (κ3) is 6.30. The van der Waals surface area contributed by atoms with Gasteiger partial charge in [0.2, 0.25) is 17.7 Å². The number of hydrogen-bond acceptors (Lipinski definition) is 4. The Balaban J connectivity index is 2.12. The number of carboxylic acid groups (broad SMARTS) is 1. The third-order valence-corrected chi connectivity index (χ3v) is 5.04. The lowest BCUT2D eigenvalue weighted by Crippen LogP contribution is -2.43. The van der Waals surface area contributed by atoms with Crippen molar-refractivity contribution in [1.82, 2.24) is 15.5 Å². The van der Waals surface area contributed by atoms with E-state index in [1.165, 1.54) is 18.7 Å². The van der Waals surface area contributed by atoms with Gasteiger partial charge in [0.05, 0.1) is 12.1 Å². The number of carbonyl (C=O) groups is 4. The lowest BCUT2D eigenvalue weighted by Gasteiger charge is -2.31. The quantitative estimate of drug-likeness (QED) is 0.542. The lowest BCUT2D eigenvalue weighted by molar-refractivity contribution is -0.149. The molecular formula is C21H29N3O5. The summed E-state index contributed by atoms with van der Waals surface area (Å²) in [5.74, 6) is -1.65. The summed E-state index contributed by atoms with van der Waals surface area (Å²) >= 11 is 0. The average molecular weight is 403 g/mol. The van der Waals surface area contributed by atoms with Crippen molar-refractivity contribution in [3.05, 3.63) is 35.9 Å². The van der Waals surface area contributed by atoms with Gasteiger partial charge in [0.15, 0.2) is 0 Å². The van der Waals surface area contributed by atoms with Gasteiger partial charge >= 0.3 is 5.97 Å². The molecule has 3 N–H and O–H groups in total. The Hall–Kier alpha value is -2.90. The molecule has 1 aliphatic heterocycles. The summed E-state index contributed by atoms with van der Waals surface area (Å²) in [5, 5.41) is 15.2. The maximum Gasteiger partial charge on any atom is 0.326 e. The first-order valence-corrected chi connectivity index (χ1v) is 9.91. The molecule has 3 atom stereocenters. The van der Waals surface area contributed by atoms with Crippen LogP contribution < -0.4 is 10.6 Å². The van der Waals surface area contributed by atoms with Crippen molar-refractivity contribution in [2.45, 2.75) is 64.1 Å². The van der Waals surface area contributed by atoms with Crippen LogP contribution in [0.25, 0.3) is 0 Å². The van der Waals surface area contributed by atoms with Crippen LogP contribution in [-0.4, -0.2) is 52.3 Å². The van der Waals surface area contributed by atoms with E-state index in [1.54, 1.807) is 0 Å². The molecule has 1 aromatic rings. The first kappa shape index (κ1) is 22.4. The first-order valence-electron chi connectivity index (χ1n) is 9.91. The summed E-state index contributed by atoms with van der Waals surface area (Å²) in [6.45, 7) is 3.40. The van der Waals surface area contributed by atoms with Gasteiger partial charge in [-0.2, -0.15) is 0 Å². The van der Waals surface area contributed by atoms with Crippen LogP contribution in [0, 0.1) is 0 Å². The topological polar surface area (TPSA) is 116 Å². The second-order valence-corrected chi connectivity index (χ2v) is 7.35. The maximum absolute atomic E-state index is 13.0. The zero-order valence-corrected chi connectivity index (χ0v) is 16.9. The zero-order valence-electron chi connectivity index (χ0n) is 16.9. The van der Waals surface area contributed by atoms with E-state index in [2.05, 4.69) is 10.6 Å². The van der Waals surface area contributed by atoms with Crippen molar-refractivity contribution >= 4 is 23.7 Å². The number of hydrogen-bond donors (Lipinski definition) is 3. The highest BCUT2D eigenvalue weighted by Gasteiger charge is 2.47. The van der Waals surface area contributed by atoms with Crippen LogP contribution in [-0.2, 0) is 19.2 Å². The Morgan fingerprint density at radius 1 is 1.03 bits per heavy atom. The predicted octanol–water partition coefficient (Wildman–Crippen LogP) is 1.61. The molecule has 1 saturated heterocycles. The van der Waals surface area contributed by atoms with Crippen LogP contribution >= 0.6 is 0 Å². The van der Waals surface area contributed by atoms with Crippen LogP contribution in [0.1, 0.15) is 57.6 Å². The molecule has 1 fully saturated rings. The Kier molecular flexibility index (Phi) is 8.18. The SMILES string of the molecule is CC(=O)NCCCCCC(=O)N1[C@H](C(=O)O)C[C@@H](NC(C)=O)[C@@H]1c1ccccc1. The summed E-state index contributed by atoms with van der Waals surface area (Å²) in [6.07, 6.45) is 2.50. The molecule has 0 bridgehead atoms. The molecule has 0 saturated carbocycles. The smallest absolute Gasteiger partial charge is 0.326 e. The number of aliphatic carboxylic acids is 1. The fourth-order valence-electron chi connectivity index (χ4n) is 3.83. The molecule has 0 radical (unpaired) electrons. The van der Waals surface area contributed by atoms with Crippen molar-refractivity contribution in [2.24, 2.45) is 0 Å². The molecule has 0 unspecified atom stereocenters. The monoisotopic (exact) mass is 403 g/mol. The highest BCUT2D eigenvalue weighted by atomic mass is 16.4. The lowest BCUT2D eigenvalue weighted by atomic mass is 9.99. The van der Waals surface area contributed by atoms with E-state index >= 15 is 0 Å². The van der Waals surface area contributed by atoms with Crippen LogP contribution in [0.3, 0.4) is 0 Å². The van der Waals surface area contributed by atoms with E-state index < -0.39 is 24.1 Å². The van der Waals surface area contributed by atoms with E-state index in [-0.39, 0.29) is 30.6 Å². The van der Waals surface area contributed by atoms with Crippen LogP contribution in [0.2, 0.25) is 0 Å². The summed E-state index contributed by atoms with van der Waals surface area (Å²) in [7, 11) is 0. The van der Waals surface area contributed by atoms with Crippen molar-refractivity contribution in [2.75, 3.05) is 6.54 Å². The second-order valence-electron chi connectivity index (χ2n) is 7.35. The number of nitrogens with one attached hydrogen (secondary N) is 2. The van der Waals surface area contributed by atoms with Gasteiger partial charge in [-0.05, 0) is 18.4 Å². The number of nitrogens with zero attached hydrogens (tertiary/aromatic N) is 1. The van der Waals surface area contributed by atoms with Gasteiger partial charge in [0, 0.05) is 33.2 Å². The molecule has 158 valence electrons. The minimum Gasteiger partial charge on any atom is -0.480 e. The Bertz CT molecular complexity index is 737. The van der Waals surface area contributed by atoms with Crippen molar-refractivity contribution in [1.29, 1.82) is 0 Å². The van der Waals surface area contributed by atoms with Gasteiger partial charge in [-0.3, -0.25) is 14.4 Å². The Labute approximate surface area is 170 Å². The number of unbranched alkanes of at least 4 members (excludes halogenated alkanes) is 2. The summed E-state index contributed by atoms with van der Waals surface area (Å²) in [6, 6.07) is 7.24. The first-order chi connectivity index (χ1) is 13.8. The van der Waals surface area contributed by atoms with E-state index in [0.29, 0.717) is 13.0 Å². The summed E-state index contributed by atoms with van der Waals surface area (Å²) in [4.78, 5) is 48.8. The zero-order chi connectivity index (χ0) is 21.4. The maximum atomic E-state index is 13.0. The number of benzene rings is 1. The molecule has 8 nitrogen and oxygen atoms in total. The second kappa shape index (κ2) is 10.6. The molecule has 0 aliphatic carbocycles. The number of carboxylic acids is 1. The number of likely N-dealkylation sites (tertiary alicyclic amines) is 1. The molecule has 1 aliphatic rings. The largest absolute Gasteiger partial charge is 0.480 e. The van der Waals surface area contributed by atoms with Crippen molar-refractivity contribution in [3.63, 3.8) is 0 Å². The molecule has 2 rings (SSSR count). The van der Waals surface area contributed by atoms with E-state index in [1.807, 2.05) is 30.3 Å². The highest BCUT2D eigenvalue weighted by molar-refractivity contribution is 5.85. The van der Waals surface area contributed by atoms with Gasteiger partial charge in [0.1, 0.15) is 6.04 Å². The molecule has 1 heterocycles. The predicted molar refractivity (Wildman–Crippen MR) is 107 cm³/mol. The standard InChI is InChI=1S/C21H29N3O5/c1-14(25)22-12-8-4-7-11-19(27)24-18(21(28)29)13-17(23-15(2)26)20(24)16-9-5-3-6-10-16/h3,5-6,9-10,17-18,20H,4,7-8,11-13H2,1-2H3,(H,22,25)(H,23,26)(H,28,29)/t17-,18+,20+/m1/s1. The Morgan fingerprint density at radius 3 is 2.31 bits per heavy atom. The molecule has 0 aromatic heterocycles. The third-order valence-electron chi connectivity index (χ3n) is 5.04. The normalized spacial score (nSPS) is 20.9. The van der Waals surface area contributed by atoms with Crippen LogP contribution in [0.15, 0.2) is 30.3 Å². The minimum absolute atomic E-state index is 0.0860. The molecule has 0 spiro atoms. The van der Waals surface area contributed by atoms with Gasteiger partial charge in [0.25, 0.3) is 0 Å². The number of rotatable bonds is 9. The number of carbonyl (C=O) groups excluding carboxylic acids is 3. The van der Waals surface area contributed by atoms with Crippen LogP contribution in [0.4, 0.5) is 0 Å². The van der Waals surface area contributed by atoms with Crippen LogP contribution in [0.5, 0.6) is 0 Å². The highest BCUT2D eigenvalue weighted by Crippen LogP contribution is 2.37. The van der Waals surface area contributed by atoms with E-state index in [4.69, 9.17) is 0 Å². The molecule has 8 heteroatoms. The van der Waals surface area contributed by atoms with Gasteiger partial charge in [-0.15, -0.1) is 0 Å². The van der Waals surface area contributed by atoms with Gasteiger partial charge in [-0.25, -0.2) is 4.79 Å². The summed E-state index contributed by atoms with van der Waals surface area (Å²) in [5.41, 5.74) is 0.800. The summed E-state index contributed by atoms with van der Waals surface area (Å²) < 4.78 is 0. The minimum atomic E-state index is -1.07. The Morgan fingerprint density at radius 2 is 1.72 bits per heavy atom. The molecule has 1 aromatic carbocycles. The van der Waals surface area contributed by atoms with Crippen molar-refractivity contribution in [3.8, 4) is 0 Å². The van der Waals surface area contributed by atoms with Crippen molar-refractivity contribution < 1.29 is 24.3 Å². The molecule has 3 amide bonds.